The van der Waals surface area contributed by atoms with Crippen LogP contribution < -0.4 is 5.32 Å². The SMILES string of the molecule is CC1CCCC1NCC1CCN(CC(F)(F)F)C1. The standard InChI is InChI=1S/C13H23F3N2/c1-10-3-2-4-12(10)17-7-11-5-6-18(8-11)9-13(14,15)16/h10-12,17H,2-9H2,1H3. The lowest BCUT2D eigenvalue weighted by Gasteiger charge is -2.21. The van der Waals surface area contributed by atoms with Gasteiger partial charge in [0.1, 0.15) is 0 Å². The third-order valence-electron chi connectivity index (χ3n) is 4.30. The van der Waals surface area contributed by atoms with Crippen LogP contribution in [0.3, 0.4) is 0 Å². The molecule has 2 fully saturated rings. The third-order valence-corrected chi connectivity index (χ3v) is 4.30. The molecule has 0 amide bonds. The number of hydrogen-bond donors (Lipinski definition) is 1. The predicted molar refractivity (Wildman–Crippen MR) is 65.4 cm³/mol. The highest BCUT2D eigenvalue weighted by molar-refractivity contribution is 4.84. The summed E-state index contributed by atoms with van der Waals surface area (Å²) in [7, 11) is 0. The van der Waals surface area contributed by atoms with E-state index in [4.69, 9.17) is 0 Å². The number of alkyl halides is 3. The van der Waals surface area contributed by atoms with Crippen LogP contribution in [0.1, 0.15) is 32.6 Å². The van der Waals surface area contributed by atoms with Crippen molar-refractivity contribution < 1.29 is 13.2 Å². The van der Waals surface area contributed by atoms with E-state index in [2.05, 4.69) is 12.2 Å². The van der Waals surface area contributed by atoms with Crippen molar-refractivity contribution in [2.24, 2.45) is 11.8 Å². The Morgan fingerprint density at radius 1 is 1.22 bits per heavy atom. The summed E-state index contributed by atoms with van der Waals surface area (Å²) in [5, 5.41) is 3.55. The van der Waals surface area contributed by atoms with Crippen LogP contribution in [-0.2, 0) is 0 Å². The average Bonchev–Trinajstić information content (AvgIpc) is 2.82. The second kappa shape index (κ2) is 5.78. The first-order chi connectivity index (χ1) is 8.44. The zero-order chi connectivity index (χ0) is 13.2. The Balaban J connectivity index is 1.66. The molecule has 1 aliphatic carbocycles. The van der Waals surface area contributed by atoms with Gasteiger partial charge in [-0.2, -0.15) is 13.2 Å². The summed E-state index contributed by atoms with van der Waals surface area (Å²) in [4.78, 5) is 1.53. The smallest absolute Gasteiger partial charge is 0.313 e. The second-order valence-electron chi connectivity index (χ2n) is 5.93. The van der Waals surface area contributed by atoms with E-state index in [1.54, 1.807) is 0 Å². The van der Waals surface area contributed by atoms with Gasteiger partial charge < -0.3 is 5.32 Å². The van der Waals surface area contributed by atoms with Crippen molar-refractivity contribution >= 4 is 0 Å². The van der Waals surface area contributed by atoms with Gasteiger partial charge >= 0.3 is 6.18 Å². The number of rotatable bonds is 4. The second-order valence-corrected chi connectivity index (χ2v) is 5.93. The highest BCUT2D eigenvalue weighted by Crippen LogP contribution is 2.26. The van der Waals surface area contributed by atoms with Gasteiger partial charge in [-0.3, -0.25) is 4.90 Å². The van der Waals surface area contributed by atoms with Gasteiger partial charge in [-0.25, -0.2) is 0 Å². The lowest BCUT2D eigenvalue weighted by Crippen LogP contribution is -2.37. The molecule has 18 heavy (non-hydrogen) atoms. The molecule has 0 radical (unpaired) electrons. The molecular weight excluding hydrogens is 241 g/mol. The first kappa shape index (κ1) is 14.1. The van der Waals surface area contributed by atoms with E-state index >= 15 is 0 Å². The molecule has 0 bridgehead atoms. The maximum atomic E-state index is 12.3. The molecule has 1 N–H and O–H groups in total. The van der Waals surface area contributed by atoms with Crippen molar-refractivity contribution in [3.8, 4) is 0 Å². The van der Waals surface area contributed by atoms with Gasteiger partial charge in [-0.15, -0.1) is 0 Å². The predicted octanol–water partition coefficient (Wildman–Crippen LogP) is 2.65. The fourth-order valence-corrected chi connectivity index (χ4v) is 3.24. The third kappa shape index (κ3) is 4.12. The zero-order valence-corrected chi connectivity index (χ0v) is 11.0. The number of halogens is 3. The maximum absolute atomic E-state index is 12.3. The quantitative estimate of drug-likeness (QED) is 0.839. The lowest BCUT2D eigenvalue weighted by atomic mass is 10.0. The van der Waals surface area contributed by atoms with Gasteiger partial charge in [-0.1, -0.05) is 13.3 Å². The molecule has 106 valence electrons. The van der Waals surface area contributed by atoms with E-state index < -0.39 is 12.7 Å². The van der Waals surface area contributed by atoms with E-state index in [9.17, 15) is 13.2 Å². The van der Waals surface area contributed by atoms with Crippen molar-refractivity contribution in [3.05, 3.63) is 0 Å². The van der Waals surface area contributed by atoms with Gasteiger partial charge in [0, 0.05) is 12.6 Å². The summed E-state index contributed by atoms with van der Waals surface area (Å²) in [6, 6.07) is 0.585. The molecule has 0 aromatic carbocycles. The summed E-state index contributed by atoms with van der Waals surface area (Å²) in [5.74, 6) is 1.11. The van der Waals surface area contributed by atoms with Gasteiger partial charge in [0.15, 0.2) is 0 Å². The Morgan fingerprint density at radius 3 is 2.61 bits per heavy atom. The number of likely N-dealkylation sites (tertiary alicyclic amines) is 1. The summed E-state index contributed by atoms with van der Waals surface area (Å²) in [5.41, 5.74) is 0. The molecule has 0 aromatic rings. The molecule has 3 unspecified atom stereocenters. The summed E-state index contributed by atoms with van der Waals surface area (Å²) >= 11 is 0. The number of nitrogens with one attached hydrogen (secondary N) is 1. The van der Waals surface area contributed by atoms with E-state index in [1.807, 2.05) is 0 Å². The number of hydrogen-bond acceptors (Lipinski definition) is 2. The van der Waals surface area contributed by atoms with E-state index in [0.717, 1.165) is 18.9 Å². The van der Waals surface area contributed by atoms with Crippen molar-refractivity contribution in [2.75, 3.05) is 26.2 Å². The van der Waals surface area contributed by atoms with Gasteiger partial charge in [0.25, 0.3) is 0 Å². The molecule has 1 saturated heterocycles. The topological polar surface area (TPSA) is 15.3 Å². The molecule has 2 aliphatic rings. The molecule has 1 aliphatic heterocycles. The van der Waals surface area contributed by atoms with E-state index in [0.29, 0.717) is 25.0 Å². The lowest BCUT2D eigenvalue weighted by molar-refractivity contribution is -0.143. The summed E-state index contributed by atoms with van der Waals surface area (Å²) in [6.45, 7) is 3.57. The van der Waals surface area contributed by atoms with Crippen molar-refractivity contribution in [1.29, 1.82) is 0 Å². The van der Waals surface area contributed by atoms with Crippen molar-refractivity contribution in [1.82, 2.24) is 10.2 Å². The molecule has 0 spiro atoms. The van der Waals surface area contributed by atoms with Gasteiger partial charge in [0.2, 0.25) is 0 Å². The van der Waals surface area contributed by atoms with Crippen LogP contribution in [-0.4, -0.2) is 43.3 Å². The minimum absolute atomic E-state index is 0.389. The van der Waals surface area contributed by atoms with Crippen molar-refractivity contribution in [3.63, 3.8) is 0 Å². The molecule has 1 saturated carbocycles. The molecule has 2 rings (SSSR count). The normalized spacial score (nSPS) is 34.3. The first-order valence-electron chi connectivity index (χ1n) is 6.96. The Labute approximate surface area is 107 Å². The summed E-state index contributed by atoms with van der Waals surface area (Å²) < 4.78 is 36.8. The van der Waals surface area contributed by atoms with Gasteiger partial charge in [0.05, 0.1) is 6.54 Å². The van der Waals surface area contributed by atoms with E-state index in [-0.39, 0.29) is 0 Å². The Kier molecular flexibility index (Phi) is 4.54. The van der Waals surface area contributed by atoms with Crippen LogP contribution in [0.5, 0.6) is 0 Å². The van der Waals surface area contributed by atoms with Crippen LogP contribution in [0.4, 0.5) is 13.2 Å². The van der Waals surface area contributed by atoms with Crippen LogP contribution in [0, 0.1) is 11.8 Å². The minimum atomic E-state index is -4.05. The molecular formula is C13H23F3N2. The zero-order valence-electron chi connectivity index (χ0n) is 11.0. The molecule has 3 atom stereocenters. The van der Waals surface area contributed by atoms with Crippen LogP contribution in [0.15, 0.2) is 0 Å². The molecule has 5 heteroatoms. The highest BCUT2D eigenvalue weighted by Gasteiger charge is 2.34. The highest BCUT2D eigenvalue weighted by atomic mass is 19.4. The minimum Gasteiger partial charge on any atom is -0.313 e. The fraction of sp³-hybridized carbons (Fsp3) is 1.00. The maximum Gasteiger partial charge on any atom is 0.401 e. The molecule has 0 aromatic heterocycles. The van der Waals surface area contributed by atoms with Crippen LogP contribution >= 0.6 is 0 Å². The fourth-order valence-electron chi connectivity index (χ4n) is 3.24. The Morgan fingerprint density at radius 2 is 2.00 bits per heavy atom. The first-order valence-corrected chi connectivity index (χ1v) is 6.96. The monoisotopic (exact) mass is 264 g/mol. The molecule has 2 nitrogen and oxygen atoms in total. The van der Waals surface area contributed by atoms with Crippen LogP contribution in [0.2, 0.25) is 0 Å². The Hall–Kier alpha value is -0.290. The van der Waals surface area contributed by atoms with Crippen LogP contribution in [0.25, 0.3) is 0 Å². The van der Waals surface area contributed by atoms with Crippen molar-refractivity contribution in [2.45, 2.75) is 44.8 Å². The average molecular weight is 264 g/mol. The Bertz CT molecular complexity index is 267. The summed E-state index contributed by atoms with van der Waals surface area (Å²) in [6.07, 6.45) is 0.624. The van der Waals surface area contributed by atoms with E-state index in [1.165, 1.54) is 24.2 Å². The van der Waals surface area contributed by atoms with Gasteiger partial charge in [-0.05, 0) is 44.2 Å². The number of nitrogens with zero attached hydrogens (tertiary/aromatic N) is 1. The molecule has 1 heterocycles. The largest absolute Gasteiger partial charge is 0.401 e.